The zero-order chi connectivity index (χ0) is 10.7. The highest BCUT2D eigenvalue weighted by atomic mass is 127. The Balaban J connectivity index is 2.21. The average Bonchev–Trinajstić information content (AvgIpc) is 2.87. The van der Waals surface area contributed by atoms with Crippen molar-refractivity contribution in [3.63, 3.8) is 0 Å². The molecule has 0 bridgehead atoms. The van der Waals surface area contributed by atoms with Gasteiger partial charge in [-0.25, -0.2) is 0 Å². The summed E-state index contributed by atoms with van der Waals surface area (Å²) in [7, 11) is 0. The molecule has 2 aromatic rings. The van der Waals surface area contributed by atoms with E-state index in [1.165, 1.54) is 0 Å². The van der Waals surface area contributed by atoms with Gasteiger partial charge in [-0.1, -0.05) is 0 Å². The fourth-order valence-corrected chi connectivity index (χ4v) is 4.37. The monoisotopic (exact) mass is 357 g/mol. The van der Waals surface area contributed by atoms with Crippen LogP contribution < -0.4 is 21.2 Å². The summed E-state index contributed by atoms with van der Waals surface area (Å²) in [5, 5.41) is 0. The third-order valence-electron chi connectivity index (χ3n) is 1.85. The first kappa shape index (κ1) is 11.4. The quantitative estimate of drug-likeness (QED) is 0.587. The molecule has 5 heteroatoms. The van der Waals surface area contributed by atoms with Crippen molar-refractivity contribution < 1.29 is 30.0 Å². The van der Waals surface area contributed by atoms with Gasteiger partial charge >= 0.3 is 28.7 Å². The summed E-state index contributed by atoms with van der Waals surface area (Å²) in [4.78, 5) is 0. The van der Waals surface area contributed by atoms with Gasteiger partial charge in [0.25, 0.3) is 0 Å². The Morgan fingerprint density at radius 3 is 1.80 bits per heavy atom. The van der Waals surface area contributed by atoms with E-state index in [4.69, 9.17) is 32.0 Å². The number of hydrogen-bond donors (Lipinski definition) is 0. The number of rotatable bonds is 4. The summed E-state index contributed by atoms with van der Waals surface area (Å²) in [6.45, 7) is 0. The van der Waals surface area contributed by atoms with Crippen LogP contribution in [0.1, 0.15) is 11.1 Å². The van der Waals surface area contributed by atoms with Gasteiger partial charge in [0.15, 0.2) is 0 Å². The van der Waals surface area contributed by atoms with Gasteiger partial charge in [0.05, 0.1) is 35.4 Å². The molecule has 0 unspecified atom stereocenters. The zero-order valence-electron chi connectivity index (χ0n) is 7.67. The minimum absolute atomic E-state index is 0.454. The van der Waals surface area contributed by atoms with E-state index < -0.39 is 21.2 Å². The minimum atomic E-state index is -0.454. The van der Waals surface area contributed by atoms with Gasteiger partial charge in [-0.2, -0.15) is 0 Å². The highest BCUT2D eigenvalue weighted by Gasteiger charge is 2.29. The van der Waals surface area contributed by atoms with Crippen molar-refractivity contribution in [2.45, 2.75) is 11.8 Å². The lowest BCUT2D eigenvalue weighted by Gasteiger charge is -1.84. The smallest absolute Gasteiger partial charge is 0.426 e. The standard InChI is InChI=1S/C10H8Cl2IO2/c11-5-7-1-3-14-9(7)13-10-8(6-12)2-4-15-10/h1-4H,5-6H2/q+1. The molecule has 80 valence electrons. The Bertz CT molecular complexity index is 396. The highest BCUT2D eigenvalue weighted by molar-refractivity contribution is 6.17. The first-order valence-electron chi connectivity index (χ1n) is 4.24. The Kier molecular flexibility index (Phi) is 3.99. The maximum Gasteiger partial charge on any atom is 0.443 e. The summed E-state index contributed by atoms with van der Waals surface area (Å²) in [5.74, 6) is 0.949. The van der Waals surface area contributed by atoms with Crippen molar-refractivity contribution >= 4 is 23.2 Å². The van der Waals surface area contributed by atoms with Gasteiger partial charge in [-0.3, -0.25) is 0 Å². The second-order valence-corrected chi connectivity index (χ2v) is 5.83. The largest absolute Gasteiger partial charge is 0.443 e. The van der Waals surface area contributed by atoms with Crippen molar-refractivity contribution in [2.75, 3.05) is 0 Å². The summed E-state index contributed by atoms with van der Waals surface area (Å²) in [5.41, 5.74) is 2.09. The van der Waals surface area contributed by atoms with Crippen LogP contribution in [0, 0.1) is 7.53 Å². The molecule has 2 heterocycles. The Morgan fingerprint density at radius 2 is 1.40 bits per heavy atom. The molecule has 0 spiro atoms. The van der Waals surface area contributed by atoms with Gasteiger partial charge in [-0.05, 0) is 12.1 Å². The number of hydrogen-bond acceptors (Lipinski definition) is 2. The third kappa shape index (κ3) is 2.52. The molecule has 15 heavy (non-hydrogen) atoms. The highest BCUT2D eigenvalue weighted by Crippen LogP contribution is 2.06. The molecule has 2 aromatic heterocycles. The first-order valence-corrected chi connectivity index (χ1v) is 7.47. The fraction of sp³-hybridized carbons (Fsp3) is 0.200. The molecule has 0 fully saturated rings. The lowest BCUT2D eigenvalue weighted by Crippen LogP contribution is -3.61. The molecule has 0 saturated heterocycles. The molecule has 0 saturated carbocycles. The molecule has 2 nitrogen and oxygen atoms in total. The SMILES string of the molecule is ClCc1ccoc1[I+]c1occc1CCl. The molecule has 0 aliphatic heterocycles. The van der Waals surface area contributed by atoms with Crippen LogP contribution in [0.25, 0.3) is 0 Å². The summed E-state index contributed by atoms with van der Waals surface area (Å²) >= 11 is 11.1. The Labute approximate surface area is 108 Å². The lowest BCUT2D eigenvalue weighted by molar-refractivity contribution is -0.637. The van der Waals surface area contributed by atoms with Crippen molar-refractivity contribution in [1.29, 1.82) is 0 Å². The second kappa shape index (κ2) is 5.27. The fourth-order valence-electron chi connectivity index (χ4n) is 1.07. The van der Waals surface area contributed by atoms with E-state index in [2.05, 4.69) is 0 Å². The van der Waals surface area contributed by atoms with Crippen molar-refractivity contribution in [3.8, 4) is 0 Å². The predicted octanol–water partition coefficient (Wildman–Crippen LogP) is 0.479. The van der Waals surface area contributed by atoms with Crippen LogP contribution in [0.3, 0.4) is 0 Å². The van der Waals surface area contributed by atoms with Crippen LogP contribution in [0.15, 0.2) is 33.5 Å². The molecule has 0 amide bonds. The van der Waals surface area contributed by atoms with Gasteiger partial charge in [0.2, 0.25) is 0 Å². The van der Waals surface area contributed by atoms with E-state index >= 15 is 0 Å². The molecule has 0 aromatic carbocycles. The zero-order valence-corrected chi connectivity index (χ0v) is 11.3. The minimum Gasteiger partial charge on any atom is -0.426 e. The molecule has 0 radical (unpaired) electrons. The molecule has 0 atom stereocenters. The van der Waals surface area contributed by atoms with Crippen LogP contribution in [-0.4, -0.2) is 0 Å². The van der Waals surface area contributed by atoms with Crippen LogP contribution in [0.5, 0.6) is 0 Å². The molecular formula is C10H8Cl2IO2+. The van der Waals surface area contributed by atoms with Crippen LogP contribution in [-0.2, 0) is 11.8 Å². The van der Waals surface area contributed by atoms with E-state index in [1.54, 1.807) is 12.5 Å². The Morgan fingerprint density at radius 1 is 0.933 bits per heavy atom. The summed E-state index contributed by atoms with van der Waals surface area (Å²) in [6, 6.07) is 3.79. The van der Waals surface area contributed by atoms with Gasteiger partial charge in [0.1, 0.15) is 0 Å². The predicted molar refractivity (Wildman–Crippen MR) is 53.9 cm³/mol. The first-order chi connectivity index (χ1) is 7.35. The van der Waals surface area contributed by atoms with Crippen LogP contribution >= 0.6 is 23.2 Å². The van der Waals surface area contributed by atoms with Crippen LogP contribution in [0.4, 0.5) is 0 Å². The average molecular weight is 358 g/mol. The van der Waals surface area contributed by atoms with E-state index in [-0.39, 0.29) is 0 Å². The maximum absolute atomic E-state index is 5.79. The van der Waals surface area contributed by atoms with Crippen molar-refractivity contribution in [1.82, 2.24) is 0 Å². The normalized spacial score (nSPS) is 10.8. The third-order valence-corrected chi connectivity index (χ3v) is 5.30. The molecular weight excluding hydrogens is 350 g/mol. The van der Waals surface area contributed by atoms with Gasteiger partial charge in [-0.15, -0.1) is 23.2 Å². The van der Waals surface area contributed by atoms with Crippen molar-refractivity contribution in [3.05, 3.63) is 43.3 Å². The summed E-state index contributed by atoms with van der Waals surface area (Å²) in [6.07, 6.45) is 3.33. The van der Waals surface area contributed by atoms with Gasteiger partial charge in [0, 0.05) is 0 Å². The lowest BCUT2D eigenvalue weighted by atomic mass is 10.4. The molecule has 0 aliphatic rings. The number of furan rings is 2. The van der Waals surface area contributed by atoms with Crippen LogP contribution in [0.2, 0.25) is 0 Å². The van der Waals surface area contributed by atoms with E-state index in [0.717, 1.165) is 18.7 Å². The Hall–Kier alpha value is -0.130. The number of halogens is 3. The van der Waals surface area contributed by atoms with E-state index in [9.17, 15) is 0 Å². The van der Waals surface area contributed by atoms with E-state index in [0.29, 0.717) is 11.8 Å². The maximum atomic E-state index is 5.79. The van der Waals surface area contributed by atoms with Gasteiger partial charge < -0.3 is 8.83 Å². The van der Waals surface area contributed by atoms with E-state index in [1.807, 2.05) is 12.1 Å². The number of alkyl halides is 2. The topological polar surface area (TPSA) is 26.3 Å². The molecule has 0 aliphatic carbocycles. The van der Waals surface area contributed by atoms with Crippen molar-refractivity contribution in [2.24, 2.45) is 0 Å². The summed E-state index contributed by atoms with van der Waals surface area (Å²) < 4.78 is 12.7. The second-order valence-electron chi connectivity index (χ2n) is 2.80. The molecule has 0 N–H and O–H groups in total. The molecule has 2 rings (SSSR count).